The number of nitrogens with one attached hydrogen (secondary N) is 1. The first-order valence-electron chi connectivity index (χ1n) is 7.42. The molecule has 0 aromatic heterocycles. The van der Waals surface area contributed by atoms with Crippen LogP contribution in [0.15, 0.2) is 42.5 Å². The van der Waals surface area contributed by atoms with Gasteiger partial charge in [0.25, 0.3) is 5.91 Å². The van der Waals surface area contributed by atoms with Crippen molar-refractivity contribution in [1.29, 1.82) is 0 Å². The Morgan fingerprint density at radius 1 is 1.09 bits per heavy atom. The highest BCUT2D eigenvalue weighted by Gasteiger charge is 2.39. The third kappa shape index (κ3) is 2.95. The van der Waals surface area contributed by atoms with Crippen LogP contribution in [-0.4, -0.2) is 17.9 Å². The zero-order valence-corrected chi connectivity index (χ0v) is 13.0. The van der Waals surface area contributed by atoms with Crippen LogP contribution >= 0.6 is 0 Å². The van der Waals surface area contributed by atoms with E-state index < -0.39 is 11.9 Å². The lowest BCUT2D eigenvalue weighted by atomic mass is 10.1. The molecule has 1 aliphatic rings. The van der Waals surface area contributed by atoms with Gasteiger partial charge in [0, 0.05) is 5.69 Å². The van der Waals surface area contributed by atoms with E-state index in [0.717, 1.165) is 11.1 Å². The Bertz CT molecular complexity index is 788. The molecule has 1 heterocycles. The molecule has 118 valence electrons. The summed E-state index contributed by atoms with van der Waals surface area (Å²) in [5.41, 5.74) is 3.18. The maximum absolute atomic E-state index is 13.2. The van der Waals surface area contributed by atoms with Gasteiger partial charge < -0.3 is 5.32 Å². The van der Waals surface area contributed by atoms with Crippen molar-refractivity contribution >= 4 is 23.2 Å². The zero-order chi connectivity index (χ0) is 16.6. The Hall–Kier alpha value is -2.69. The number of aryl methyl sites for hydroxylation is 2. The minimum absolute atomic E-state index is 0.0578. The van der Waals surface area contributed by atoms with E-state index in [2.05, 4.69) is 5.32 Å². The third-order valence-electron chi connectivity index (χ3n) is 4.06. The van der Waals surface area contributed by atoms with Crippen LogP contribution in [0.2, 0.25) is 0 Å². The number of amides is 2. The fourth-order valence-electron chi connectivity index (χ4n) is 2.66. The molecule has 1 N–H and O–H groups in total. The van der Waals surface area contributed by atoms with Crippen LogP contribution in [0.5, 0.6) is 0 Å². The molecule has 0 saturated carbocycles. The molecule has 2 aromatic rings. The fraction of sp³-hybridized carbons (Fsp3) is 0.222. The summed E-state index contributed by atoms with van der Waals surface area (Å²) in [6, 6.07) is 10.7. The zero-order valence-electron chi connectivity index (χ0n) is 13.0. The average molecular weight is 312 g/mol. The molecule has 4 nitrogen and oxygen atoms in total. The van der Waals surface area contributed by atoms with Gasteiger partial charge in [-0.25, -0.2) is 9.29 Å². The predicted octanol–water partition coefficient (Wildman–Crippen LogP) is 3.19. The normalized spacial score (nSPS) is 17.7. The summed E-state index contributed by atoms with van der Waals surface area (Å²) in [6.45, 7) is 3.91. The minimum Gasteiger partial charge on any atom is -0.373 e. The first-order valence-corrected chi connectivity index (χ1v) is 7.42. The molecule has 0 bridgehead atoms. The Labute approximate surface area is 133 Å². The topological polar surface area (TPSA) is 49.4 Å². The van der Waals surface area contributed by atoms with E-state index >= 15 is 0 Å². The largest absolute Gasteiger partial charge is 0.373 e. The molecule has 3 rings (SSSR count). The summed E-state index contributed by atoms with van der Waals surface area (Å²) in [6.07, 6.45) is 0.0578. The summed E-state index contributed by atoms with van der Waals surface area (Å²) in [5, 5.41) is 2.94. The van der Waals surface area contributed by atoms with Crippen molar-refractivity contribution in [2.75, 3.05) is 10.2 Å². The summed E-state index contributed by atoms with van der Waals surface area (Å²) in [4.78, 5) is 26.0. The van der Waals surface area contributed by atoms with Crippen LogP contribution in [0.25, 0.3) is 0 Å². The van der Waals surface area contributed by atoms with Gasteiger partial charge in [0.05, 0.1) is 12.1 Å². The third-order valence-corrected chi connectivity index (χ3v) is 4.06. The van der Waals surface area contributed by atoms with Crippen LogP contribution in [0.4, 0.5) is 15.8 Å². The van der Waals surface area contributed by atoms with Crippen molar-refractivity contribution in [2.45, 2.75) is 26.3 Å². The van der Waals surface area contributed by atoms with Crippen molar-refractivity contribution in [3.05, 3.63) is 59.4 Å². The summed E-state index contributed by atoms with van der Waals surface area (Å²) >= 11 is 0. The number of hydrogen-bond acceptors (Lipinski definition) is 3. The second kappa shape index (κ2) is 5.83. The number of carbonyl (C=O) groups excluding carboxylic acids is 2. The molecule has 1 aliphatic heterocycles. The van der Waals surface area contributed by atoms with Crippen molar-refractivity contribution in [3.63, 3.8) is 0 Å². The molecule has 0 aliphatic carbocycles. The van der Waals surface area contributed by atoms with Crippen LogP contribution < -0.4 is 10.2 Å². The second-order valence-electron chi connectivity index (χ2n) is 5.75. The van der Waals surface area contributed by atoms with Crippen molar-refractivity contribution < 1.29 is 14.0 Å². The van der Waals surface area contributed by atoms with E-state index in [1.54, 1.807) is 18.2 Å². The number of rotatable bonds is 3. The first-order chi connectivity index (χ1) is 11.0. The van der Waals surface area contributed by atoms with Crippen LogP contribution in [0.3, 0.4) is 0 Å². The number of imide groups is 1. The van der Waals surface area contributed by atoms with E-state index in [4.69, 9.17) is 0 Å². The molecule has 0 radical (unpaired) electrons. The maximum atomic E-state index is 13.2. The number of nitrogens with zero attached hydrogens (tertiary/aromatic N) is 1. The van der Waals surface area contributed by atoms with E-state index in [1.165, 1.54) is 17.0 Å². The lowest BCUT2D eigenvalue weighted by Crippen LogP contribution is -2.34. The first kappa shape index (κ1) is 15.2. The molecule has 0 spiro atoms. The monoisotopic (exact) mass is 312 g/mol. The summed E-state index contributed by atoms with van der Waals surface area (Å²) in [5.74, 6) is -0.965. The maximum Gasteiger partial charge on any atom is 0.256 e. The number of anilines is 2. The van der Waals surface area contributed by atoms with Gasteiger partial charge in [0.1, 0.15) is 11.9 Å². The van der Waals surface area contributed by atoms with Gasteiger partial charge in [-0.05, 0) is 55.3 Å². The van der Waals surface area contributed by atoms with Gasteiger partial charge in [-0.2, -0.15) is 0 Å². The van der Waals surface area contributed by atoms with Gasteiger partial charge in [-0.1, -0.05) is 12.1 Å². The van der Waals surface area contributed by atoms with E-state index in [1.807, 2.05) is 26.0 Å². The van der Waals surface area contributed by atoms with E-state index in [0.29, 0.717) is 11.4 Å². The molecular weight excluding hydrogens is 295 g/mol. The molecular formula is C18H17FN2O2. The Morgan fingerprint density at radius 2 is 1.87 bits per heavy atom. The van der Waals surface area contributed by atoms with Gasteiger partial charge in [0.15, 0.2) is 0 Å². The van der Waals surface area contributed by atoms with E-state index in [-0.39, 0.29) is 18.2 Å². The molecule has 23 heavy (non-hydrogen) atoms. The quantitative estimate of drug-likeness (QED) is 0.886. The van der Waals surface area contributed by atoms with Crippen molar-refractivity contribution in [3.8, 4) is 0 Å². The highest BCUT2D eigenvalue weighted by Crippen LogP contribution is 2.26. The Balaban J connectivity index is 1.83. The van der Waals surface area contributed by atoms with Gasteiger partial charge >= 0.3 is 0 Å². The number of carbonyl (C=O) groups is 2. The van der Waals surface area contributed by atoms with Gasteiger partial charge in [-0.3, -0.25) is 9.59 Å². The minimum atomic E-state index is -0.675. The van der Waals surface area contributed by atoms with Crippen LogP contribution in [0.1, 0.15) is 17.5 Å². The lowest BCUT2D eigenvalue weighted by Gasteiger charge is -2.17. The molecule has 5 heteroatoms. The van der Waals surface area contributed by atoms with Gasteiger partial charge in [-0.15, -0.1) is 0 Å². The highest BCUT2D eigenvalue weighted by molar-refractivity contribution is 6.23. The van der Waals surface area contributed by atoms with E-state index in [9.17, 15) is 14.0 Å². The Morgan fingerprint density at radius 3 is 2.57 bits per heavy atom. The van der Waals surface area contributed by atoms with Crippen LogP contribution in [-0.2, 0) is 9.59 Å². The molecule has 1 saturated heterocycles. The number of hydrogen-bond donors (Lipinski definition) is 1. The van der Waals surface area contributed by atoms with Crippen molar-refractivity contribution in [1.82, 2.24) is 0 Å². The molecule has 1 fully saturated rings. The highest BCUT2D eigenvalue weighted by atomic mass is 19.1. The Kier molecular flexibility index (Phi) is 3.86. The smallest absolute Gasteiger partial charge is 0.256 e. The number of benzene rings is 2. The standard InChI is InChI=1S/C18H17FN2O2/c1-11-6-7-15(8-12(11)2)21-17(22)10-16(18(21)23)20-14-5-3-4-13(19)9-14/h3-9,16,20H,10H2,1-2H3/t16-/m0/s1. The molecule has 0 unspecified atom stereocenters. The van der Waals surface area contributed by atoms with Gasteiger partial charge in [0.2, 0.25) is 5.91 Å². The summed E-state index contributed by atoms with van der Waals surface area (Å²) < 4.78 is 13.2. The average Bonchev–Trinajstić information content (AvgIpc) is 2.77. The number of halogens is 1. The SMILES string of the molecule is Cc1ccc(N2C(=O)C[C@H](Nc3cccc(F)c3)C2=O)cc1C. The second-order valence-corrected chi connectivity index (χ2v) is 5.75. The van der Waals surface area contributed by atoms with Crippen LogP contribution in [0, 0.1) is 19.7 Å². The predicted molar refractivity (Wildman–Crippen MR) is 86.8 cm³/mol. The lowest BCUT2D eigenvalue weighted by molar-refractivity contribution is -0.121. The summed E-state index contributed by atoms with van der Waals surface area (Å²) in [7, 11) is 0. The molecule has 1 atom stereocenters. The molecule has 2 aromatic carbocycles. The molecule has 2 amide bonds. The fourth-order valence-corrected chi connectivity index (χ4v) is 2.66. The van der Waals surface area contributed by atoms with Crippen molar-refractivity contribution in [2.24, 2.45) is 0 Å².